The van der Waals surface area contributed by atoms with Crippen LogP contribution in [0.4, 0.5) is 10.1 Å². The summed E-state index contributed by atoms with van der Waals surface area (Å²) in [7, 11) is 0. The number of hydrogen-bond donors (Lipinski definition) is 0. The lowest BCUT2D eigenvalue weighted by molar-refractivity contribution is 0.582. The molecule has 72 valence electrons. The second kappa shape index (κ2) is 4.80. The first-order valence-corrected chi connectivity index (χ1v) is 4.64. The first-order valence-electron chi connectivity index (χ1n) is 4.64. The first kappa shape index (κ1) is 9.96. The van der Waals surface area contributed by atoms with Crippen molar-refractivity contribution in [1.82, 2.24) is 4.98 Å². The zero-order valence-electron chi connectivity index (χ0n) is 8.13. The van der Waals surface area contributed by atoms with Crippen molar-refractivity contribution in [1.29, 1.82) is 0 Å². The van der Waals surface area contributed by atoms with E-state index in [9.17, 15) is 4.39 Å². The van der Waals surface area contributed by atoms with Crippen LogP contribution < -0.4 is 4.90 Å². The van der Waals surface area contributed by atoms with Gasteiger partial charge in [0, 0.05) is 31.0 Å². The van der Waals surface area contributed by atoms with Crippen molar-refractivity contribution in [3.8, 4) is 0 Å². The summed E-state index contributed by atoms with van der Waals surface area (Å²) in [6.45, 7) is 6.03. The van der Waals surface area contributed by atoms with Crippen LogP contribution in [0.1, 0.15) is 20.3 Å². The summed E-state index contributed by atoms with van der Waals surface area (Å²) in [5.41, 5.74) is 0.914. The Bertz CT molecular complexity index is 263. The number of halogens is 1. The van der Waals surface area contributed by atoms with E-state index in [0.29, 0.717) is 0 Å². The van der Waals surface area contributed by atoms with Crippen molar-refractivity contribution in [2.45, 2.75) is 20.3 Å². The molecule has 0 N–H and O–H groups in total. The van der Waals surface area contributed by atoms with E-state index in [4.69, 9.17) is 0 Å². The number of rotatable bonds is 4. The number of pyridine rings is 1. The maximum Gasteiger partial charge on any atom is 0.214 e. The fourth-order valence-electron chi connectivity index (χ4n) is 1.33. The van der Waals surface area contributed by atoms with Crippen molar-refractivity contribution in [2.75, 3.05) is 18.0 Å². The average molecular weight is 182 g/mol. The molecule has 0 atom stereocenters. The predicted octanol–water partition coefficient (Wildman–Crippen LogP) is 2.46. The van der Waals surface area contributed by atoms with Gasteiger partial charge < -0.3 is 4.90 Å². The highest BCUT2D eigenvalue weighted by atomic mass is 19.1. The molecule has 1 heterocycles. The Balaban J connectivity index is 2.78. The molecule has 1 rings (SSSR count). The van der Waals surface area contributed by atoms with Crippen molar-refractivity contribution >= 4 is 5.69 Å². The monoisotopic (exact) mass is 182 g/mol. The van der Waals surface area contributed by atoms with Crippen LogP contribution in [0, 0.1) is 5.95 Å². The minimum atomic E-state index is -0.410. The molecule has 0 aliphatic carbocycles. The molecule has 0 aliphatic heterocycles. The standard InChI is InChI=1S/C10H15FN2/c1-3-7-13(4-2)9-5-6-12-10(11)8-9/h5-6,8H,3-4,7H2,1-2H3. The fourth-order valence-corrected chi connectivity index (χ4v) is 1.33. The summed E-state index contributed by atoms with van der Waals surface area (Å²) in [5.74, 6) is -0.410. The molecule has 0 aliphatic rings. The number of hydrogen-bond acceptors (Lipinski definition) is 2. The van der Waals surface area contributed by atoms with Crippen LogP contribution in [0.5, 0.6) is 0 Å². The molecule has 0 radical (unpaired) electrons. The topological polar surface area (TPSA) is 16.1 Å². The highest BCUT2D eigenvalue weighted by Crippen LogP contribution is 2.13. The van der Waals surface area contributed by atoms with E-state index in [-0.39, 0.29) is 0 Å². The molecule has 0 spiro atoms. The lowest BCUT2D eigenvalue weighted by Crippen LogP contribution is -2.23. The van der Waals surface area contributed by atoms with Crippen LogP contribution >= 0.6 is 0 Å². The maximum atomic E-state index is 12.8. The summed E-state index contributed by atoms with van der Waals surface area (Å²) in [6, 6.07) is 3.31. The van der Waals surface area contributed by atoms with Gasteiger partial charge in [0.25, 0.3) is 0 Å². The molecular weight excluding hydrogens is 167 g/mol. The van der Waals surface area contributed by atoms with Gasteiger partial charge in [0.05, 0.1) is 0 Å². The summed E-state index contributed by atoms with van der Waals surface area (Å²) in [6.07, 6.45) is 2.57. The highest BCUT2D eigenvalue weighted by molar-refractivity contribution is 5.44. The largest absolute Gasteiger partial charge is 0.372 e. The lowest BCUT2D eigenvalue weighted by atomic mass is 10.3. The van der Waals surface area contributed by atoms with Gasteiger partial charge in [-0.15, -0.1) is 0 Å². The molecule has 0 unspecified atom stereocenters. The molecule has 0 saturated heterocycles. The smallest absolute Gasteiger partial charge is 0.214 e. The van der Waals surface area contributed by atoms with Gasteiger partial charge in [0.2, 0.25) is 5.95 Å². The molecule has 1 aromatic rings. The van der Waals surface area contributed by atoms with Gasteiger partial charge in [-0.05, 0) is 19.4 Å². The molecule has 0 bridgehead atoms. The maximum absolute atomic E-state index is 12.8. The lowest BCUT2D eigenvalue weighted by Gasteiger charge is -2.21. The predicted molar refractivity (Wildman–Crippen MR) is 52.4 cm³/mol. The summed E-state index contributed by atoms with van der Waals surface area (Å²) >= 11 is 0. The van der Waals surface area contributed by atoms with Crippen molar-refractivity contribution in [2.24, 2.45) is 0 Å². The Morgan fingerprint density at radius 2 is 2.23 bits per heavy atom. The molecule has 2 nitrogen and oxygen atoms in total. The first-order chi connectivity index (χ1) is 6.27. The molecule has 3 heteroatoms. The van der Waals surface area contributed by atoms with E-state index in [1.165, 1.54) is 12.3 Å². The Morgan fingerprint density at radius 1 is 1.46 bits per heavy atom. The molecule has 1 aromatic heterocycles. The van der Waals surface area contributed by atoms with Crippen LogP contribution in [-0.4, -0.2) is 18.1 Å². The van der Waals surface area contributed by atoms with E-state index in [2.05, 4.69) is 23.7 Å². The molecule has 0 saturated carbocycles. The summed E-state index contributed by atoms with van der Waals surface area (Å²) in [4.78, 5) is 5.65. The van der Waals surface area contributed by atoms with Crippen LogP contribution in [0.2, 0.25) is 0 Å². The summed E-state index contributed by atoms with van der Waals surface area (Å²) in [5, 5.41) is 0. The highest BCUT2D eigenvalue weighted by Gasteiger charge is 2.03. The number of anilines is 1. The van der Waals surface area contributed by atoms with Gasteiger partial charge in [-0.2, -0.15) is 4.39 Å². The second-order valence-electron chi connectivity index (χ2n) is 2.92. The number of aromatic nitrogens is 1. The minimum Gasteiger partial charge on any atom is -0.372 e. The van der Waals surface area contributed by atoms with Gasteiger partial charge >= 0.3 is 0 Å². The normalized spacial score (nSPS) is 10.1. The van der Waals surface area contributed by atoms with E-state index >= 15 is 0 Å². The van der Waals surface area contributed by atoms with E-state index in [1.807, 2.05) is 6.07 Å². The molecule has 13 heavy (non-hydrogen) atoms. The van der Waals surface area contributed by atoms with Gasteiger partial charge in [0.1, 0.15) is 0 Å². The minimum absolute atomic E-state index is 0.410. The third-order valence-electron chi connectivity index (χ3n) is 1.95. The summed E-state index contributed by atoms with van der Waals surface area (Å²) < 4.78 is 12.8. The Morgan fingerprint density at radius 3 is 2.77 bits per heavy atom. The molecular formula is C10H15FN2. The van der Waals surface area contributed by atoms with E-state index < -0.39 is 5.95 Å². The number of nitrogens with zero attached hydrogens (tertiary/aromatic N) is 2. The van der Waals surface area contributed by atoms with Gasteiger partial charge in [-0.3, -0.25) is 0 Å². The van der Waals surface area contributed by atoms with Crippen LogP contribution in [-0.2, 0) is 0 Å². The van der Waals surface area contributed by atoms with Gasteiger partial charge in [0.15, 0.2) is 0 Å². The van der Waals surface area contributed by atoms with Crippen LogP contribution in [0.25, 0.3) is 0 Å². The second-order valence-corrected chi connectivity index (χ2v) is 2.92. The molecule has 0 amide bonds. The average Bonchev–Trinajstić information content (AvgIpc) is 2.14. The quantitative estimate of drug-likeness (QED) is 0.665. The van der Waals surface area contributed by atoms with Gasteiger partial charge in [-0.25, -0.2) is 4.98 Å². The Hall–Kier alpha value is -1.12. The fraction of sp³-hybridized carbons (Fsp3) is 0.500. The zero-order valence-corrected chi connectivity index (χ0v) is 8.13. The van der Waals surface area contributed by atoms with Crippen LogP contribution in [0.3, 0.4) is 0 Å². The van der Waals surface area contributed by atoms with E-state index in [0.717, 1.165) is 25.2 Å². The Kier molecular flexibility index (Phi) is 3.68. The molecule has 0 fully saturated rings. The Labute approximate surface area is 78.4 Å². The van der Waals surface area contributed by atoms with Gasteiger partial charge in [-0.1, -0.05) is 6.92 Å². The molecule has 0 aromatic carbocycles. The van der Waals surface area contributed by atoms with Crippen molar-refractivity contribution in [3.63, 3.8) is 0 Å². The van der Waals surface area contributed by atoms with Crippen molar-refractivity contribution in [3.05, 3.63) is 24.3 Å². The zero-order chi connectivity index (χ0) is 9.68. The SMILES string of the molecule is CCCN(CC)c1ccnc(F)c1. The third kappa shape index (κ3) is 2.68. The van der Waals surface area contributed by atoms with Crippen molar-refractivity contribution < 1.29 is 4.39 Å². The third-order valence-corrected chi connectivity index (χ3v) is 1.95. The van der Waals surface area contributed by atoms with Crippen LogP contribution in [0.15, 0.2) is 18.3 Å². The van der Waals surface area contributed by atoms with E-state index in [1.54, 1.807) is 0 Å².